The molecule has 2 aromatic heterocycles. The Hall–Kier alpha value is -1.61. The minimum absolute atomic E-state index is 0.0280. The van der Waals surface area contributed by atoms with E-state index in [0.717, 1.165) is 10.7 Å². The molecule has 0 aliphatic rings. The van der Waals surface area contributed by atoms with E-state index in [1.807, 2.05) is 0 Å². The number of nitrogens with one attached hydrogen (secondary N) is 1. The van der Waals surface area contributed by atoms with Gasteiger partial charge in [-0.3, -0.25) is 0 Å². The summed E-state index contributed by atoms with van der Waals surface area (Å²) in [5.41, 5.74) is 5.87. The summed E-state index contributed by atoms with van der Waals surface area (Å²) in [5, 5.41) is 6.83. The van der Waals surface area contributed by atoms with Crippen LogP contribution >= 0.6 is 15.9 Å². The SMILES string of the molecule is CNc1nn(-c2ccc(Br)cn2)c(N)c1S(C)(=O)=O. The van der Waals surface area contributed by atoms with Gasteiger partial charge in [0.1, 0.15) is 5.82 Å². The van der Waals surface area contributed by atoms with Crippen molar-refractivity contribution in [3.8, 4) is 5.82 Å². The van der Waals surface area contributed by atoms with Crippen LogP contribution in [-0.4, -0.2) is 36.5 Å². The molecule has 9 heteroatoms. The van der Waals surface area contributed by atoms with Gasteiger partial charge >= 0.3 is 0 Å². The van der Waals surface area contributed by atoms with Gasteiger partial charge in [-0.15, -0.1) is 5.10 Å². The maximum Gasteiger partial charge on any atom is 0.182 e. The van der Waals surface area contributed by atoms with Gasteiger partial charge in [0.15, 0.2) is 26.4 Å². The zero-order valence-electron chi connectivity index (χ0n) is 10.3. The number of aromatic nitrogens is 3. The van der Waals surface area contributed by atoms with Crippen molar-refractivity contribution in [2.75, 3.05) is 24.4 Å². The van der Waals surface area contributed by atoms with E-state index in [-0.39, 0.29) is 16.5 Å². The largest absolute Gasteiger partial charge is 0.382 e. The van der Waals surface area contributed by atoms with Crippen LogP contribution in [0.3, 0.4) is 0 Å². The number of hydrogen-bond donors (Lipinski definition) is 2. The predicted molar refractivity (Wildman–Crippen MR) is 76.1 cm³/mol. The average Bonchev–Trinajstić information content (AvgIpc) is 2.67. The summed E-state index contributed by atoms with van der Waals surface area (Å²) in [7, 11) is -1.90. The van der Waals surface area contributed by atoms with Crippen LogP contribution in [0.15, 0.2) is 27.7 Å². The van der Waals surface area contributed by atoms with Crippen molar-refractivity contribution in [3.05, 3.63) is 22.8 Å². The quantitative estimate of drug-likeness (QED) is 0.861. The summed E-state index contributed by atoms with van der Waals surface area (Å²) in [5.74, 6) is 0.665. The average molecular weight is 346 g/mol. The third kappa shape index (κ3) is 2.56. The zero-order valence-corrected chi connectivity index (χ0v) is 12.7. The maximum absolute atomic E-state index is 11.7. The molecule has 19 heavy (non-hydrogen) atoms. The molecule has 0 atom stereocenters. The lowest BCUT2D eigenvalue weighted by atomic mass is 10.4. The molecule has 0 amide bonds. The first-order chi connectivity index (χ1) is 8.84. The highest BCUT2D eigenvalue weighted by molar-refractivity contribution is 9.10. The van der Waals surface area contributed by atoms with E-state index in [2.05, 4.69) is 31.3 Å². The van der Waals surface area contributed by atoms with Gasteiger partial charge in [-0.05, 0) is 28.1 Å². The third-order valence-corrected chi connectivity index (χ3v) is 4.03. The fourth-order valence-corrected chi connectivity index (χ4v) is 2.81. The smallest absolute Gasteiger partial charge is 0.182 e. The third-order valence-electron chi connectivity index (χ3n) is 2.41. The summed E-state index contributed by atoms with van der Waals surface area (Å²) in [6.07, 6.45) is 2.66. The zero-order chi connectivity index (χ0) is 14.2. The monoisotopic (exact) mass is 345 g/mol. The second kappa shape index (κ2) is 4.82. The van der Waals surface area contributed by atoms with Gasteiger partial charge in [0.2, 0.25) is 0 Å². The number of anilines is 2. The Bertz CT molecular complexity index is 708. The molecule has 0 fully saturated rings. The molecule has 7 nitrogen and oxygen atoms in total. The molecule has 2 heterocycles. The number of hydrogen-bond acceptors (Lipinski definition) is 6. The Morgan fingerprint density at radius 2 is 2.11 bits per heavy atom. The number of nitrogens with two attached hydrogens (primary N) is 1. The predicted octanol–water partition coefficient (Wildman–Crippen LogP) is 1.06. The topological polar surface area (TPSA) is 103 Å². The first kappa shape index (κ1) is 13.8. The van der Waals surface area contributed by atoms with Crippen molar-refractivity contribution in [1.29, 1.82) is 0 Å². The Kier molecular flexibility index (Phi) is 3.50. The number of sulfone groups is 1. The van der Waals surface area contributed by atoms with E-state index in [4.69, 9.17) is 5.73 Å². The molecular formula is C10H12BrN5O2S. The van der Waals surface area contributed by atoms with Crippen LogP contribution in [0.25, 0.3) is 5.82 Å². The molecule has 2 rings (SSSR count). The van der Waals surface area contributed by atoms with E-state index in [1.165, 1.54) is 4.68 Å². The number of nitrogen functional groups attached to an aromatic ring is 1. The van der Waals surface area contributed by atoms with Crippen molar-refractivity contribution in [3.63, 3.8) is 0 Å². The molecule has 0 unspecified atom stereocenters. The molecule has 0 bridgehead atoms. The number of rotatable bonds is 3. The summed E-state index contributed by atoms with van der Waals surface area (Å²) < 4.78 is 25.6. The molecule has 0 saturated heterocycles. The summed E-state index contributed by atoms with van der Waals surface area (Å²) in [6, 6.07) is 3.45. The van der Waals surface area contributed by atoms with Crippen LogP contribution < -0.4 is 11.1 Å². The number of halogens is 1. The molecule has 0 saturated carbocycles. The van der Waals surface area contributed by atoms with Gasteiger partial charge in [0.25, 0.3) is 0 Å². The Labute approximate surface area is 118 Å². The normalized spacial score (nSPS) is 11.5. The highest BCUT2D eigenvalue weighted by atomic mass is 79.9. The number of pyridine rings is 1. The lowest BCUT2D eigenvalue weighted by Gasteiger charge is -2.03. The minimum atomic E-state index is -3.48. The van der Waals surface area contributed by atoms with E-state index < -0.39 is 9.84 Å². The lowest BCUT2D eigenvalue weighted by Crippen LogP contribution is -2.06. The fourth-order valence-electron chi connectivity index (χ4n) is 1.61. The first-order valence-electron chi connectivity index (χ1n) is 5.23. The van der Waals surface area contributed by atoms with Crippen LogP contribution in [0.4, 0.5) is 11.6 Å². The maximum atomic E-state index is 11.7. The van der Waals surface area contributed by atoms with Gasteiger partial charge in [0, 0.05) is 24.0 Å². The second-order valence-corrected chi connectivity index (χ2v) is 6.70. The molecular weight excluding hydrogens is 334 g/mol. The van der Waals surface area contributed by atoms with Crippen LogP contribution in [0.5, 0.6) is 0 Å². The second-order valence-electron chi connectivity index (χ2n) is 3.83. The summed E-state index contributed by atoms with van der Waals surface area (Å²) >= 11 is 3.27. The van der Waals surface area contributed by atoms with E-state index in [0.29, 0.717) is 5.82 Å². The van der Waals surface area contributed by atoms with Gasteiger partial charge in [-0.1, -0.05) is 0 Å². The summed E-state index contributed by atoms with van der Waals surface area (Å²) in [6.45, 7) is 0. The van der Waals surface area contributed by atoms with E-state index in [9.17, 15) is 8.42 Å². The van der Waals surface area contributed by atoms with Gasteiger partial charge in [-0.25, -0.2) is 13.4 Å². The van der Waals surface area contributed by atoms with Crippen LogP contribution in [-0.2, 0) is 9.84 Å². The molecule has 2 aromatic rings. The van der Waals surface area contributed by atoms with E-state index >= 15 is 0 Å². The molecule has 0 aliphatic heterocycles. The Morgan fingerprint density at radius 3 is 2.53 bits per heavy atom. The minimum Gasteiger partial charge on any atom is -0.382 e. The Balaban J connectivity index is 2.67. The standard InChI is InChI=1S/C10H12BrN5O2S/c1-13-10-8(19(2,17)18)9(12)16(15-10)7-4-3-6(11)5-14-7/h3-5H,12H2,1-2H3,(H,13,15). The van der Waals surface area contributed by atoms with Crippen molar-refractivity contribution < 1.29 is 8.42 Å². The van der Waals surface area contributed by atoms with Gasteiger partial charge < -0.3 is 11.1 Å². The van der Waals surface area contributed by atoms with Crippen molar-refractivity contribution >= 4 is 37.4 Å². The van der Waals surface area contributed by atoms with Crippen LogP contribution in [0.1, 0.15) is 0 Å². The molecule has 0 aromatic carbocycles. The highest BCUT2D eigenvalue weighted by Crippen LogP contribution is 2.28. The summed E-state index contributed by atoms with van der Waals surface area (Å²) in [4.78, 5) is 4.10. The molecule has 0 radical (unpaired) electrons. The van der Waals surface area contributed by atoms with Gasteiger partial charge in [-0.2, -0.15) is 4.68 Å². The van der Waals surface area contributed by atoms with Crippen LogP contribution in [0.2, 0.25) is 0 Å². The van der Waals surface area contributed by atoms with Crippen molar-refractivity contribution in [2.24, 2.45) is 0 Å². The molecule has 3 N–H and O–H groups in total. The fraction of sp³-hybridized carbons (Fsp3) is 0.200. The molecule has 102 valence electrons. The van der Waals surface area contributed by atoms with Crippen molar-refractivity contribution in [1.82, 2.24) is 14.8 Å². The van der Waals surface area contributed by atoms with E-state index in [1.54, 1.807) is 25.4 Å². The van der Waals surface area contributed by atoms with Crippen LogP contribution in [0, 0.1) is 0 Å². The lowest BCUT2D eigenvalue weighted by molar-refractivity contribution is 0.602. The molecule has 0 aliphatic carbocycles. The Morgan fingerprint density at radius 1 is 1.42 bits per heavy atom. The highest BCUT2D eigenvalue weighted by Gasteiger charge is 2.24. The van der Waals surface area contributed by atoms with Crippen molar-refractivity contribution in [2.45, 2.75) is 4.90 Å². The first-order valence-corrected chi connectivity index (χ1v) is 7.91. The van der Waals surface area contributed by atoms with Gasteiger partial charge in [0.05, 0.1) is 0 Å². The molecule has 0 spiro atoms. The number of nitrogens with zero attached hydrogens (tertiary/aromatic N) is 3.